The zero-order valence-electron chi connectivity index (χ0n) is 16.8. The molecule has 2 heterocycles. The molecule has 0 spiro atoms. The predicted octanol–water partition coefficient (Wildman–Crippen LogP) is 4.26. The maximum atomic E-state index is 12.8. The molecule has 0 aliphatic carbocycles. The molecule has 8 heteroatoms. The van der Waals surface area contributed by atoms with E-state index >= 15 is 0 Å². The third-order valence-electron chi connectivity index (χ3n) is 4.75. The number of benzene rings is 2. The quantitative estimate of drug-likeness (QED) is 0.365. The van der Waals surface area contributed by atoms with Crippen LogP contribution in [-0.2, 0) is 6.54 Å². The minimum Gasteiger partial charge on any atom is -0.332 e. The molecule has 1 amide bonds. The van der Waals surface area contributed by atoms with Crippen LogP contribution in [0.2, 0.25) is 0 Å². The number of carbonyl (C=O) groups is 1. The van der Waals surface area contributed by atoms with Crippen molar-refractivity contribution in [3.8, 4) is 11.3 Å². The number of hydrogen-bond donors (Lipinski definition) is 2. The van der Waals surface area contributed by atoms with Gasteiger partial charge in [-0.2, -0.15) is 0 Å². The first kappa shape index (κ1) is 20.4. The summed E-state index contributed by atoms with van der Waals surface area (Å²) in [5.74, 6) is 0.375. The Morgan fingerprint density at radius 2 is 2.10 bits per heavy atom. The van der Waals surface area contributed by atoms with Gasteiger partial charge in [-0.25, -0.2) is 9.97 Å². The molecular weight excluding hydrogens is 410 g/mol. The van der Waals surface area contributed by atoms with Gasteiger partial charge in [0.2, 0.25) is 0 Å². The number of aromatic nitrogens is 4. The summed E-state index contributed by atoms with van der Waals surface area (Å²) in [6, 6.07) is 14.1. The fraction of sp³-hybridized carbons (Fsp3) is 0.0870. The molecular formula is C23H19N5O2S. The number of amides is 1. The van der Waals surface area contributed by atoms with E-state index in [4.69, 9.17) is 12.2 Å². The number of carbonyl (C=O) groups excluding carboxylic acids is 1. The Kier molecular flexibility index (Phi) is 5.55. The SMILES string of the molecule is C=CCn1c(=S)[nH]c2cc(C(=O)Nc3cccc(-c4ccnc(C)n4)c3)ccc2c1=O. The number of nitrogens with one attached hydrogen (secondary N) is 2. The van der Waals surface area contributed by atoms with E-state index < -0.39 is 0 Å². The molecule has 4 aromatic rings. The van der Waals surface area contributed by atoms with Gasteiger partial charge in [-0.1, -0.05) is 18.2 Å². The second-order valence-corrected chi connectivity index (χ2v) is 7.31. The molecule has 0 saturated heterocycles. The van der Waals surface area contributed by atoms with Crippen molar-refractivity contribution in [3.05, 3.63) is 93.9 Å². The fourth-order valence-electron chi connectivity index (χ4n) is 3.27. The van der Waals surface area contributed by atoms with Crippen LogP contribution in [0, 0.1) is 11.7 Å². The molecule has 0 aliphatic heterocycles. The standard InChI is InChI=1S/C23H19N5O2S/c1-3-11-28-22(30)18-8-7-16(13-20(18)27-23(28)31)21(29)26-17-6-4-5-15(12-17)19-9-10-24-14(2)25-19/h3-10,12-13H,1,11H2,2H3,(H,26,29)(H,27,31). The lowest BCUT2D eigenvalue weighted by Gasteiger charge is -2.09. The van der Waals surface area contributed by atoms with Gasteiger partial charge in [0.1, 0.15) is 5.82 Å². The van der Waals surface area contributed by atoms with Gasteiger partial charge in [-0.05, 0) is 55.5 Å². The lowest BCUT2D eigenvalue weighted by Crippen LogP contribution is -2.22. The highest BCUT2D eigenvalue weighted by atomic mass is 32.1. The number of nitrogens with zero attached hydrogens (tertiary/aromatic N) is 3. The van der Waals surface area contributed by atoms with Crippen molar-refractivity contribution >= 4 is 34.7 Å². The normalized spacial score (nSPS) is 10.7. The Balaban J connectivity index is 1.64. The monoisotopic (exact) mass is 429 g/mol. The van der Waals surface area contributed by atoms with Crippen LogP contribution >= 0.6 is 12.2 Å². The minimum atomic E-state index is -0.299. The topological polar surface area (TPSA) is 92.7 Å². The molecule has 0 aliphatic rings. The van der Waals surface area contributed by atoms with Gasteiger partial charge in [0.15, 0.2) is 4.77 Å². The zero-order chi connectivity index (χ0) is 22.0. The maximum absolute atomic E-state index is 12.8. The Morgan fingerprint density at radius 1 is 1.26 bits per heavy atom. The van der Waals surface area contributed by atoms with Crippen molar-refractivity contribution in [1.29, 1.82) is 0 Å². The van der Waals surface area contributed by atoms with Gasteiger partial charge in [0.05, 0.1) is 16.6 Å². The number of allylic oxidation sites excluding steroid dienone is 1. The molecule has 2 aromatic carbocycles. The summed E-state index contributed by atoms with van der Waals surface area (Å²) in [6.45, 7) is 5.79. The summed E-state index contributed by atoms with van der Waals surface area (Å²) in [4.78, 5) is 37.0. The first-order valence-corrected chi connectivity index (χ1v) is 9.96. The van der Waals surface area contributed by atoms with Gasteiger partial charge >= 0.3 is 0 Å². The van der Waals surface area contributed by atoms with Gasteiger partial charge in [-0.15, -0.1) is 6.58 Å². The summed E-state index contributed by atoms with van der Waals surface area (Å²) in [5, 5.41) is 3.34. The van der Waals surface area contributed by atoms with E-state index in [0.717, 1.165) is 11.3 Å². The average molecular weight is 430 g/mol. The zero-order valence-corrected chi connectivity index (χ0v) is 17.6. The molecule has 0 saturated carbocycles. The van der Waals surface area contributed by atoms with Crippen LogP contribution in [0.4, 0.5) is 5.69 Å². The smallest absolute Gasteiger partial charge is 0.262 e. The molecule has 4 rings (SSSR count). The predicted molar refractivity (Wildman–Crippen MR) is 124 cm³/mol. The van der Waals surface area contributed by atoms with E-state index in [2.05, 4.69) is 26.8 Å². The Hall–Kier alpha value is -3.91. The van der Waals surface area contributed by atoms with Gasteiger partial charge in [0.25, 0.3) is 11.5 Å². The second kappa shape index (κ2) is 8.45. The Morgan fingerprint density at radius 3 is 2.87 bits per heavy atom. The van der Waals surface area contributed by atoms with Crippen molar-refractivity contribution in [2.24, 2.45) is 0 Å². The van der Waals surface area contributed by atoms with Crippen LogP contribution in [0.1, 0.15) is 16.2 Å². The summed E-state index contributed by atoms with van der Waals surface area (Å²) in [5.41, 5.74) is 2.97. The second-order valence-electron chi connectivity index (χ2n) is 6.92. The molecule has 0 unspecified atom stereocenters. The maximum Gasteiger partial charge on any atom is 0.262 e. The lowest BCUT2D eigenvalue weighted by molar-refractivity contribution is 0.102. The highest BCUT2D eigenvalue weighted by Crippen LogP contribution is 2.21. The Labute approximate surface area is 183 Å². The number of aromatic amines is 1. The number of H-pyrrole nitrogens is 1. The van der Waals surface area contributed by atoms with Gasteiger partial charge in [-0.3, -0.25) is 14.2 Å². The van der Waals surface area contributed by atoms with Crippen LogP contribution in [0.5, 0.6) is 0 Å². The highest BCUT2D eigenvalue weighted by molar-refractivity contribution is 7.71. The number of rotatable bonds is 5. The average Bonchev–Trinajstić information content (AvgIpc) is 2.76. The van der Waals surface area contributed by atoms with E-state index in [0.29, 0.717) is 34.5 Å². The van der Waals surface area contributed by atoms with Crippen LogP contribution in [-0.4, -0.2) is 25.4 Å². The highest BCUT2D eigenvalue weighted by Gasteiger charge is 2.11. The first-order chi connectivity index (χ1) is 15.0. The summed E-state index contributed by atoms with van der Waals surface area (Å²) in [6.07, 6.45) is 3.31. The van der Waals surface area contributed by atoms with Gasteiger partial charge < -0.3 is 10.3 Å². The minimum absolute atomic E-state index is 0.224. The molecule has 2 N–H and O–H groups in total. The molecule has 0 bridgehead atoms. The summed E-state index contributed by atoms with van der Waals surface area (Å²) in [7, 11) is 0. The summed E-state index contributed by atoms with van der Waals surface area (Å²) >= 11 is 5.26. The van der Waals surface area contributed by atoms with E-state index in [-0.39, 0.29) is 16.2 Å². The van der Waals surface area contributed by atoms with Crippen LogP contribution in [0.3, 0.4) is 0 Å². The third kappa shape index (κ3) is 4.19. The largest absolute Gasteiger partial charge is 0.332 e. The fourth-order valence-corrected chi connectivity index (χ4v) is 3.53. The number of aryl methyl sites for hydroxylation is 1. The molecule has 0 atom stereocenters. The van der Waals surface area contributed by atoms with Gasteiger partial charge in [0, 0.05) is 29.6 Å². The molecule has 0 radical (unpaired) electrons. The van der Waals surface area contributed by atoms with E-state index in [1.807, 2.05) is 31.2 Å². The molecule has 31 heavy (non-hydrogen) atoms. The molecule has 2 aromatic heterocycles. The van der Waals surface area contributed by atoms with Crippen molar-refractivity contribution in [2.75, 3.05) is 5.32 Å². The van der Waals surface area contributed by atoms with E-state index in [1.54, 1.807) is 36.5 Å². The van der Waals surface area contributed by atoms with E-state index in [9.17, 15) is 9.59 Å². The summed E-state index contributed by atoms with van der Waals surface area (Å²) < 4.78 is 1.70. The van der Waals surface area contributed by atoms with Crippen molar-refractivity contribution < 1.29 is 4.79 Å². The van der Waals surface area contributed by atoms with E-state index in [1.165, 1.54) is 4.57 Å². The van der Waals surface area contributed by atoms with Crippen LogP contribution in [0.25, 0.3) is 22.2 Å². The van der Waals surface area contributed by atoms with Crippen LogP contribution in [0.15, 0.2) is 72.2 Å². The molecule has 0 fully saturated rings. The first-order valence-electron chi connectivity index (χ1n) is 9.55. The number of fused-ring (bicyclic) bond motifs is 1. The number of hydrogen-bond acceptors (Lipinski definition) is 5. The van der Waals surface area contributed by atoms with Crippen molar-refractivity contribution in [2.45, 2.75) is 13.5 Å². The van der Waals surface area contributed by atoms with Crippen molar-refractivity contribution in [1.82, 2.24) is 19.5 Å². The molecule has 7 nitrogen and oxygen atoms in total. The van der Waals surface area contributed by atoms with Crippen molar-refractivity contribution in [3.63, 3.8) is 0 Å². The number of anilines is 1. The third-order valence-corrected chi connectivity index (χ3v) is 5.07. The Bertz CT molecular complexity index is 1440. The van der Waals surface area contributed by atoms with Crippen LogP contribution < -0.4 is 10.9 Å². The molecule has 154 valence electrons. The lowest BCUT2D eigenvalue weighted by atomic mass is 10.1.